The highest BCUT2D eigenvalue weighted by Gasteiger charge is 2.40. The van der Waals surface area contributed by atoms with Crippen LogP contribution in [0.15, 0.2) is 84.6 Å². The van der Waals surface area contributed by atoms with Crippen molar-refractivity contribution in [3.63, 3.8) is 0 Å². The van der Waals surface area contributed by atoms with E-state index in [1.165, 1.54) is 13.8 Å². The average molecular weight is 454 g/mol. The lowest BCUT2D eigenvalue weighted by molar-refractivity contribution is -0.120. The first-order valence-electron chi connectivity index (χ1n) is 10.5. The number of nitrogens with one attached hydrogen (secondary N) is 3. The summed E-state index contributed by atoms with van der Waals surface area (Å²) in [6.45, 7) is 2.82. The van der Waals surface area contributed by atoms with Crippen LogP contribution in [-0.4, -0.2) is 23.6 Å². The Morgan fingerprint density at radius 1 is 0.647 bits per heavy atom. The number of imide groups is 1. The van der Waals surface area contributed by atoms with Gasteiger partial charge in [-0.3, -0.25) is 19.2 Å². The summed E-state index contributed by atoms with van der Waals surface area (Å²) in [4.78, 5) is 50.5. The third-order valence-electron chi connectivity index (χ3n) is 5.07. The number of hydrogen-bond acceptors (Lipinski definition) is 5. The zero-order chi connectivity index (χ0) is 24.2. The fourth-order valence-electron chi connectivity index (χ4n) is 3.63. The van der Waals surface area contributed by atoms with Crippen LogP contribution in [0.3, 0.4) is 0 Å². The van der Waals surface area contributed by atoms with E-state index in [4.69, 9.17) is 0 Å². The SMILES string of the molecule is CC(=O)Nc1ccc(NC2=C(c3ccccc3)C(=O)N(c3ccc(NC(C)=O)cc3)C2=O)cc1. The Hall–Kier alpha value is -4.72. The third kappa shape index (κ3) is 4.71. The number of carbonyl (C=O) groups is 4. The predicted molar refractivity (Wildman–Crippen MR) is 131 cm³/mol. The zero-order valence-corrected chi connectivity index (χ0v) is 18.6. The van der Waals surface area contributed by atoms with Gasteiger partial charge in [0.15, 0.2) is 0 Å². The molecule has 0 atom stereocenters. The van der Waals surface area contributed by atoms with Crippen molar-refractivity contribution in [2.45, 2.75) is 13.8 Å². The van der Waals surface area contributed by atoms with Gasteiger partial charge in [0.2, 0.25) is 11.8 Å². The van der Waals surface area contributed by atoms with Gasteiger partial charge < -0.3 is 16.0 Å². The van der Waals surface area contributed by atoms with E-state index >= 15 is 0 Å². The summed E-state index contributed by atoms with van der Waals surface area (Å²) in [7, 11) is 0. The van der Waals surface area contributed by atoms with Gasteiger partial charge in [-0.2, -0.15) is 0 Å². The van der Waals surface area contributed by atoms with Crippen LogP contribution in [0.5, 0.6) is 0 Å². The van der Waals surface area contributed by atoms with Gasteiger partial charge in [0.1, 0.15) is 5.70 Å². The zero-order valence-electron chi connectivity index (χ0n) is 18.6. The van der Waals surface area contributed by atoms with Crippen molar-refractivity contribution in [3.8, 4) is 0 Å². The lowest BCUT2D eigenvalue weighted by atomic mass is 10.0. The van der Waals surface area contributed by atoms with Gasteiger partial charge in [-0.05, 0) is 54.1 Å². The second-order valence-corrected chi connectivity index (χ2v) is 7.67. The first kappa shape index (κ1) is 22.5. The highest BCUT2D eigenvalue weighted by atomic mass is 16.2. The maximum atomic E-state index is 13.4. The molecule has 3 aromatic rings. The molecule has 34 heavy (non-hydrogen) atoms. The summed E-state index contributed by atoms with van der Waals surface area (Å²) in [5, 5.41) is 8.43. The van der Waals surface area contributed by atoms with Crippen molar-refractivity contribution < 1.29 is 19.2 Å². The monoisotopic (exact) mass is 454 g/mol. The topological polar surface area (TPSA) is 108 Å². The highest BCUT2D eigenvalue weighted by Crippen LogP contribution is 2.34. The van der Waals surface area contributed by atoms with Crippen LogP contribution in [0.25, 0.3) is 5.57 Å². The molecule has 0 radical (unpaired) electrons. The van der Waals surface area contributed by atoms with Crippen molar-refractivity contribution in [1.29, 1.82) is 0 Å². The largest absolute Gasteiger partial charge is 0.350 e. The normalized spacial score (nSPS) is 13.2. The molecule has 1 aliphatic rings. The summed E-state index contributed by atoms with van der Waals surface area (Å²) in [5.41, 5.74) is 3.15. The van der Waals surface area contributed by atoms with E-state index < -0.39 is 11.8 Å². The minimum absolute atomic E-state index is 0.148. The van der Waals surface area contributed by atoms with Gasteiger partial charge in [-0.1, -0.05) is 30.3 Å². The van der Waals surface area contributed by atoms with E-state index in [1.807, 2.05) is 6.07 Å². The minimum Gasteiger partial charge on any atom is -0.350 e. The summed E-state index contributed by atoms with van der Waals surface area (Å²) < 4.78 is 0. The number of anilines is 4. The van der Waals surface area contributed by atoms with Gasteiger partial charge in [0.25, 0.3) is 11.8 Å². The average Bonchev–Trinajstić information content (AvgIpc) is 3.05. The number of carbonyl (C=O) groups excluding carboxylic acids is 4. The van der Waals surface area contributed by atoms with E-state index in [0.717, 1.165) is 4.90 Å². The first-order chi connectivity index (χ1) is 16.3. The second kappa shape index (κ2) is 9.41. The molecule has 8 nitrogen and oxygen atoms in total. The van der Waals surface area contributed by atoms with Crippen molar-refractivity contribution in [3.05, 3.63) is 90.1 Å². The lowest BCUT2D eigenvalue weighted by Gasteiger charge is -2.16. The maximum absolute atomic E-state index is 13.4. The van der Waals surface area contributed by atoms with Gasteiger partial charge >= 0.3 is 0 Å². The minimum atomic E-state index is -0.498. The molecule has 0 bridgehead atoms. The number of nitrogens with zero attached hydrogens (tertiary/aromatic N) is 1. The predicted octanol–water partition coefficient (Wildman–Crippen LogP) is 4.00. The van der Waals surface area contributed by atoms with Crippen LogP contribution < -0.4 is 20.9 Å². The molecule has 0 unspecified atom stereocenters. The molecular formula is C26H22N4O4. The summed E-state index contributed by atoms with van der Waals surface area (Å²) in [6.07, 6.45) is 0. The molecule has 170 valence electrons. The van der Waals surface area contributed by atoms with Crippen LogP contribution in [-0.2, 0) is 19.2 Å². The fourth-order valence-corrected chi connectivity index (χ4v) is 3.63. The van der Waals surface area contributed by atoms with Crippen LogP contribution in [0.1, 0.15) is 19.4 Å². The maximum Gasteiger partial charge on any atom is 0.282 e. The fraction of sp³-hybridized carbons (Fsp3) is 0.0769. The number of hydrogen-bond donors (Lipinski definition) is 3. The van der Waals surface area contributed by atoms with Crippen molar-refractivity contribution in [2.24, 2.45) is 0 Å². The Labute approximate surface area is 196 Å². The molecule has 0 saturated heterocycles. The highest BCUT2D eigenvalue weighted by molar-refractivity contribution is 6.46. The van der Waals surface area contributed by atoms with Crippen molar-refractivity contribution >= 4 is 52.0 Å². The summed E-state index contributed by atoms with van der Waals surface area (Å²) in [5.74, 6) is -1.36. The molecule has 0 aliphatic carbocycles. The van der Waals surface area contributed by atoms with Gasteiger partial charge in [-0.15, -0.1) is 0 Å². The molecule has 3 aromatic carbocycles. The Morgan fingerprint density at radius 2 is 1.15 bits per heavy atom. The molecule has 1 heterocycles. The van der Waals surface area contributed by atoms with Gasteiger partial charge in [-0.25, -0.2) is 4.90 Å². The smallest absolute Gasteiger partial charge is 0.282 e. The Bertz CT molecular complexity index is 1300. The number of amides is 4. The molecule has 0 spiro atoms. The third-order valence-corrected chi connectivity index (χ3v) is 5.07. The van der Waals surface area contributed by atoms with Crippen molar-refractivity contribution in [2.75, 3.05) is 20.9 Å². The second-order valence-electron chi connectivity index (χ2n) is 7.67. The molecule has 1 aliphatic heterocycles. The molecule has 0 saturated carbocycles. The van der Waals surface area contributed by atoms with Crippen LogP contribution >= 0.6 is 0 Å². The Morgan fingerprint density at radius 3 is 1.68 bits per heavy atom. The molecular weight excluding hydrogens is 432 g/mol. The molecule has 4 amide bonds. The van der Waals surface area contributed by atoms with Crippen LogP contribution in [0, 0.1) is 0 Å². The lowest BCUT2D eigenvalue weighted by Crippen LogP contribution is -2.32. The molecule has 4 rings (SSSR count). The molecule has 0 fully saturated rings. The van der Waals surface area contributed by atoms with E-state index in [-0.39, 0.29) is 23.1 Å². The first-order valence-corrected chi connectivity index (χ1v) is 10.5. The number of benzene rings is 3. The molecule has 8 heteroatoms. The van der Waals surface area contributed by atoms with E-state index in [9.17, 15) is 19.2 Å². The van der Waals surface area contributed by atoms with E-state index in [2.05, 4.69) is 16.0 Å². The standard InChI is InChI=1S/C26H22N4O4/c1-16(31)27-19-8-10-21(11-9-19)29-24-23(18-6-4-3-5-7-18)25(33)30(26(24)34)22-14-12-20(13-15-22)28-17(2)32/h3-15,29H,1-2H3,(H,27,31)(H,28,32). The molecule has 3 N–H and O–H groups in total. The van der Waals surface area contributed by atoms with E-state index in [1.54, 1.807) is 72.8 Å². The van der Waals surface area contributed by atoms with E-state index in [0.29, 0.717) is 28.3 Å². The Kier molecular flexibility index (Phi) is 6.22. The van der Waals surface area contributed by atoms with Crippen molar-refractivity contribution in [1.82, 2.24) is 0 Å². The van der Waals surface area contributed by atoms with Crippen LogP contribution in [0.4, 0.5) is 22.7 Å². The summed E-state index contributed by atoms with van der Waals surface area (Å²) >= 11 is 0. The van der Waals surface area contributed by atoms with Gasteiger partial charge in [0.05, 0.1) is 11.3 Å². The number of rotatable bonds is 6. The van der Waals surface area contributed by atoms with Gasteiger partial charge in [0, 0.05) is 30.9 Å². The van der Waals surface area contributed by atoms with Crippen LogP contribution in [0.2, 0.25) is 0 Å². The quantitative estimate of drug-likeness (QED) is 0.488. The summed E-state index contributed by atoms with van der Waals surface area (Å²) in [6, 6.07) is 22.3. The Balaban J connectivity index is 1.69. The molecule has 0 aromatic heterocycles.